The van der Waals surface area contributed by atoms with Crippen LogP contribution in [0.15, 0.2) is 79.0 Å². The lowest BCUT2D eigenvalue weighted by Gasteiger charge is -2.18. The summed E-state index contributed by atoms with van der Waals surface area (Å²) in [4.78, 5) is 13.0. The van der Waals surface area contributed by atoms with Gasteiger partial charge in [-0.25, -0.2) is 0 Å². The van der Waals surface area contributed by atoms with Crippen molar-refractivity contribution in [2.24, 2.45) is 5.92 Å². The molecule has 1 amide bonds. The van der Waals surface area contributed by atoms with Crippen LogP contribution in [0.4, 0.5) is 0 Å². The molecule has 3 aromatic carbocycles. The zero-order chi connectivity index (χ0) is 24.1. The lowest BCUT2D eigenvalue weighted by molar-refractivity contribution is -0.121. The Hall–Kier alpha value is -3.04. The van der Waals surface area contributed by atoms with Crippen molar-refractivity contribution in [3.8, 4) is 0 Å². The van der Waals surface area contributed by atoms with Crippen molar-refractivity contribution in [2.75, 3.05) is 6.54 Å². The highest BCUT2D eigenvalue weighted by atomic mass is 35.5. The molecule has 4 heteroatoms. The van der Waals surface area contributed by atoms with E-state index >= 15 is 0 Å². The van der Waals surface area contributed by atoms with Crippen LogP contribution in [0.5, 0.6) is 0 Å². The van der Waals surface area contributed by atoms with Crippen molar-refractivity contribution in [2.45, 2.75) is 46.1 Å². The molecule has 0 spiro atoms. The highest BCUT2D eigenvalue weighted by molar-refractivity contribution is 6.30. The SMILES string of the molecule is Cc1ccc(Cn2cc(C(CC(=O)NCCC(C)C)c3cccc(Cl)c3)c3ccccc32)cc1. The Morgan fingerprint density at radius 2 is 1.76 bits per heavy atom. The van der Waals surface area contributed by atoms with E-state index in [1.165, 1.54) is 22.0 Å². The van der Waals surface area contributed by atoms with Crippen molar-refractivity contribution in [1.82, 2.24) is 9.88 Å². The van der Waals surface area contributed by atoms with Crippen LogP contribution in [0.3, 0.4) is 0 Å². The van der Waals surface area contributed by atoms with E-state index in [-0.39, 0.29) is 11.8 Å². The summed E-state index contributed by atoms with van der Waals surface area (Å²) < 4.78 is 2.30. The van der Waals surface area contributed by atoms with Gasteiger partial charge in [0.1, 0.15) is 0 Å². The topological polar surface area (TPSA) is 34.0 Å². The number of nitrogens with one attached hydrogen (secondary N) is 1. The van der Waals surface area contributed by atoms with Crippen molar-refractivity contribution in [1.29, 1.82) is 0 Å². The van der Waals surface area contributed by atoms with Gasteiger partial charge in [0.25, 0.3) is 0 Å². The molecule has 176 valence electrons. The van der Waals surface area contributed by atoms with Crippen LogP contribution in [0.2, 0.25) is 5.02 Å². The largest absolute Gasteiger partial charge is 0.356 e. The maximum Gasteiger partial charge on any atom is 0.220 e. The number of carbonyl (C=O) groups excluding carboxylic acids is 1. The van der Waals surface area contributed by atoms with Gasteiger partial charge < -0.3 is 9.88 Å². The molecule has 0 bridgehead atoms. The molecule has 0 aliphatic rings. The van der Waals surface area contributed by atoms with Gasteiger partial charge in [-0.15, -0.1) is 0 Å². The second kappa shape index (κ2) is 10.9. The molecule has 0 aliphatic carbocycles. The second-order valence-corrected chi connectivity index (χ2v) is 10.00. The Labute approximate surface area is 207 Å². The first-order valence-electron chi connectivity index (χ1n) is 12.1. The number of aryl methyl sites for hydroxylation is 1. The van der Waals surface area contributed by atoms with Gasteiger partial charge in [-0.05, 0) is 54.2 Å². The number of aromatic nitrogens is 1. The molecule has 34 heavy (non-hydrogen) atoms. The molecule has 1 aromatic heterocycles. The van der Waals surface area contributed by atoms with E-state index in [0.717, 1.165) is 24.1 Å². The lowest BCUT2D eigenvalue weighted by Crippen LogP contribution is -2.27. The number of hydrogen-bond acceptors (Lipinski definition) is 1. The molecule has 1 N–H and O–H groups in total. The van der Waals surface area contributed by atoms with E-state index < -0.39 is 0 Å². The zero-order valence-corrected chi connectivity index (χ0v) is 21.0. The Kier molecular flexibility index (Phi) is 7.74. The fraction of sp³-hybridized carbons (Fsp3) is 0.300. The summed E-state index contributed by atoms with van der Waals surface area (Å²) in [5.74, 6) is 0.548. The molecule has 1 heterocycles. The van der Waals surface area contributed by atoms with Gasteiger partial charge in [0.15, 0.2) is 0 Å². The maximum atomic E-state index is 13.0. The van der Waals surface area contributed by atoms with Crippen molar-refractivity contribution in [3.05, 3.63) is 106 Å². The molecular formula is C30H33ClN2O. The number of nitrogens with zero attached hydrogens (tertiary/aromatic N) is 1. The molecule has 4 rings (SSSR count). The van der Waals surface area contributed by atoms with Gasteiger partial charge >= 0.3 is 0 Å². The average Bonchev–Trinajstić information content (AvgIpc) is 3.17. The summed E-state index contributed by atoms with van der Waals surface area (Å²) in [5, 5.41) is 4.98. The average molecular weight is 473 g/mol. The third-order valence-electron chi connectivity index (χ3n) is 6.35. The molecule has 1 unspecified atom stereocenters. The summed E-state index contributed by atoms with van der Waals surface area (Å²) in [7, 11) is 0. The van der Waals surface area contributed by atoms with Crippen LogP contribution >= 0.6 is 11.6 Å². The maximum absolute atomic E-state index is 13.0. The highest BCUT2D eigenvalue weighted by Crippen LogP contribution is 2.36. The first-order valence-corrected chi connectivity index (χ1v) is 12.4. The van der Waals surface area contributed by atoms with Crippen LogP contribution in [0.1, 0.15) is 54.9 Å². The molecule has 0 saturated carbocycles. The third-order valence-corrected chi connectivity index (χ3v) is 6.59. The zero-order valence-electron chi connectivity index (χ0n) is 20.2. The summed E-state index contributed by atoms with van der Waals surface area (Å²) in [6, 6.07) is 25.0. The number of halogens is 1. The van der Waals surface area contributed by atoms with Gasteiger partial charge in [0.2, 0.25) is 5.91 Å². The van der Waals surface area contributed by atoms with E-state index in [2.05, 4.69) is 91.4 Å². The fourth-order valence-corrected chi connectivity index (χ4v) is 4.66. The smallest absolute Gasteiger partial charge is 0.220 e. The number of para-hydroxylation sites is 1. The van der Waals surface area contributed by atoms with Crippen molar-refractivity contribution >= 4 is 28.4 Å². The summed E-state index contributed by atoms with van der Waals surface area (Å²) in [6.07, 6.45) is 3.58. The minimum atomic E-state index is -0.0816. The Balaban J connectivity index is 1.71. The second-order valence-electron chi connectivity index (χ2n) is 9.56. The third kappa shape index (κ3) is 5.90. The van der Waals surface area contributed by atoms with E-state index in [1.54, 1.807) is 0 Å². The van der Waals surface area contributed by atoms with Crippen LogP contribution in [0, 0.1) is 12.8 Å². The number of amides is 1. The van der Waals surface area contributed by atoms with Crippen molar-refractivity contribution in [3.63, 3.8) is 0 Å². The monoisotopic (exact) mass is 472 g/mol. The minimum absolute atomic E-state index is 0.0704. The number of hydrogen-bond donors (Lipinski definition) is 1. The van der Waals surface area contributed by atoms with Crippen LogP contribution < -0.4 is 5.32 Å². The minimum Gasteiger partial charge on any atom is -0.356 e. The lowest BCUT2D eigenvalue weighted by atomic mass is 9.88. The van der Waals surface area contributed by atoms with E-state index in [4.69, 9.17) is 11.6 Å². The molecule has 0 aliphatic heterocycles. The number of carbonyl (C=O) groups is 1. The van der Waals surface area contributed by atoms with Crippen LogP contribution in [-0.4, -0.2) is 17.0 Å². The van der Waals surface area contributed by atoms with Crippen molar-refractivity contribution < 1.29 is 4.79 Å². The van der Waals surface area contributed by atoms with Gasteiger partial charge in [0.05, 0.1) is 0 Å². The standard InChI is InChI=1S/C30H33ClN2O/c1-21(2)15-16-32-30(34)18-27(24-7-6-8-25(31)17-24)28-20-33(29-10-5-4-9-26(28)29)19-23-13-11-22(3)12-14-23/h4-14,17,20-21,27H,15-16,18-19H2,1-3H3,(H,32,34). The molecule has 0 fully saturated rings. The van der Waals surface area contributed by atoms with E-state index in [0.29, 0.717) is 23.9 Å². The summed E-state index contributed by atoms with van der Waals surface area (Å²) in [5.41, 5.74) is 5.90. The van der Waals surface area contributed by atoms with E-state index in [1.807, 2.05) is 18.2 Å². The first kappa shape index (κ1) is 24.1. The number of rotatable bonds is 9. The van der Waals surface area contributed by atoms with Crippen LogP contribution in [0.25, 0.3) is 10.9 Å². The summed E-state index contributed by atoms with van der Waals surface area (Å²) >= 11 is 6.37. The predicted molar refractivity (Wildman–Crippen MR) is 143 cm³/mol. The van der Waals surface area contributed by atoms with Gasteiger partial charge in [0, 0.05) is 47.6 Å². The molecule has 4 aromatic rings. The van der Waals surface area contributed by atoms with E-state index in [9.17, 15) is 4.79 Å². The fourth-order valence-electron chi connectivity index (χ4n) is 4.46. The molecule has 3 nitrogen and oxygen atoms in total. The number of benzene rings is 3. The Morgan fingerprint density at radius 3 is 2.50 bits per heavy atom. The van der Waals surface area contributed by atoms with Crippen LogP contribution in [-0.2, 0) is 11.3 Å². The molecule has 1 atom stereocenters. The Bertz CT molecular complexity index is 1260. The molecule has 0 radical (unpaired) electrons. The Morgan fingerprint density at radius 1 is 1.00 bits per heavy atom. The van der Waals surface area contributed by atoms with Gasteiger partial charge in [-0.3, -0.25) is 4.79 Å². The normalized spacial score (nSPS) is 12.3. The van der Waals surface area contributed by atoms with Gasteiger partial charge in [-0.1, -0.05) is 85.6 Å². The predicted octanol–water partition coefficient (Wildman–Crippen LogP) is 7.34. The summed E-state index contributed by atoms with van der Waals surface area (Å²) in [6.45, 7) is 7.93. The molecular weight excluding hydrogens is 440 g/mol. The van der Waals surface area contributed by atoms with Gasteiger partial charge in [-0.2, -0.15) is 0 Å². The number of fused-ring (bicyclic) bond motifs is 1. The highest BCUT2D eigenvalue weighted by Gasteiger charge is 2.23. The quantitative estimate of drug-likeness (QED) is 0.271. The first-order chi connectivity index (χ1) is 16.4. The molecule has 0 saturated heterocycles.